The molecule has 0 spiro atoms. The van der Waals surface area contributed by atoms with Gasteiger partial charge in [0.25, 0.3) is 5.91 Å². The lowest BCUT2D eigenvalue weighted by Gasteiger charge is -2.32. The molecule has 0 saturated carbocycles. The molecule has 7 heteroatoms. The number of ether oxygens (including phenoxy) is 2. The van der Waals surface area contributed by atoms with Gasteiger partial charge in [0, 0.05) is 18.3 Å². The zero-order valence-electron chi connectivity index (χ0n) is 13.7. The summed E-state index contributed by atoms with van der Waals surface area (Å²) < 4.78 is 11.5. The number of carbonyl (C=O) groups excluding carboxylic acids is 1. The minimum absolute atomic E-state index is 0.171. The van der Waals surface area contributed by atoms with Gasteiger partial charge in [0.2, 0.25) is 0 Å². The number of pyridine rings is 1. The molecule has 1 fully saturated rings. The maximum atomic E-state index is 12.4. The molecule has 1 N–H and O–H groups in total. The average Bonchev–Trinajstić information content (AvgIpc) is 2.58. The molecule has 24 heavy (non-hydrogen) atoms. The summed E-state index contributed by atoms with van der Waals surface area (Å²) in [6.45, 7) is 4.67. The van der Waals surface area contributed by atoms with Gasteiger partial charge in [-0.25, -0.2) is 9.97 Å². The van der Waals surface area contributed by atoms with E-state index in [1.165, 1.54) is 0 Å². The molecular weight excluding hydrogens is 308 g/mol. The van der Waals surface area contributed by atoms with E-state index in [4.69, 9.17) is 9.47 Å². The highest BCUT2D eigenvalue weighted by atomic mass is 16.5. The monoisotopic (exact) mass is 328 g/mol. The van der Waals surface area contributed by atoms with E-state index < -0.39 is 0 Å². The Kier molecular flexibility index (Phi) is 5.00. The topological polar surface area (TPSA) is 86.2 Å². The Morgan fingerprint density at radius 3 is 2.92 bits per heavy atom. The van der Waals surface area contributed by atoms with Gasteiger partial charge in [0.05, 0.1) is 25.5 Å². The van der Waals surface area contributed by atoms with Crippen molar-refractivity contribution in [3.63, 3.8) is 0 Å². The molecule has 0 aromatic carbocycles. The Morgan fingerprint density at radius 1 is 1.29 bits per heavy atom. The van der Waals surface area contributed by atoms with Crippen LogP contribution in [0.15, 0.2) is 30.6 Å². The van der Waals surface area contributed by atoms with Crippen molar-refractivity contribution in [2.45, 2.75) is 32.4 Å². The molecule has 1 aliphatic rings. The van der Waals surface area contributed by atoms with Crippen LogP contribution in [0, 0.1) is 13.8 Å². The van der Waals surface area contributed by atoms with Gasteiger partial charge < -0.3 is 14.8 Å². The van der Waals surface area contributed by atoms with E-state index in [1.54, 1.807) is 25.4 Å². The van der Waals surface area contributed by atoms with E-state index >= 15 is 0 Å². The molecule has 0 radical (unpaired) electrons. The number of carbonyl (C=O) groups is 1. The number of rotatable bonds is 4. The zero-order valence-corrected chi connectivity index (χ0v) is 13.7. The van der Waals surface area contributed by atoms with Gasteiger partial charge in [0.1, 0.15) is 23.4 Å². The van der Waals surface area contributed by atoms with Crippen LogP contribution < -0.4 is 10.1 Å². The summed E-state index contributed by atoms with van der Waals surface area (Å²) in [5, 5.41) is 2.94. The SMILES string of the molecule is Cc1ccc(O[C@H]2CCOC[C@H]2NC(=O)c2ccnc(C)n2)cn1. The van der Waals surface area contributed by atoms with Crippen LogP contribution in [0.25, 0.3) is 0 Å². The molecule has 2 aromatic heterocycles. The van der Waals surface area contributed by atoms with E-state index in [1.807, 2.05) is 19.1 Å². The lowest BCUT2D eigenvalue weighted by molar-refractivity contribution is -0.00308. The normalized spacial score (nSPS) is 20.4. The number of nitrogens with one attached hydrogen (secondary N) is 1. The number of hydrogen-bond acceptors (Lipinski definition) is 6. The standard InChI is InChI=1S/C17H20N4O3/c1-11-3-4-13(9-19-11)24-16-6-8-23-10-15(16)21-17(22)14-5-7-18-12(2)20-14/h3-5,7,9,15-16H,6,8,10H2,1-2H3,(H,21,22)/t15-,16+/m1/s1. The Balaban J connectivity index is 1.67. The number of amides is 1. The van der Waals surface area contributed by atoms with Crippen LogP contribution in [0.3, 0.4) is 0 Å². The maximum Gasteiger partial charge on any atom is 0.270 e. The van der Waals surface area contributed by atoms with Crippen molar-refractivity contribution in [1.82, 2.24) is 20.3 Å². The summed E-state index contributed by atoms with van der Waals surface area (Å²) in [5.74, 6) is 0.984. The number of aryl methyl sites for hydroxylation is 2. The minimum atomic E-state index is -0.258. The second kappa shape index (κ2) is 7.35. The summed E-state index contributed by atoms with van der Waals surface area (Å²) in [4.78, 5) is 24.8. The second-order valence-corrected chi connectivity index (χ2v) is 5.72. The van der Waals surface area contributed by atoms with Crippen molar-refractivity contribution >= 4 is 5.91 Å². The first kappa shape index (κ1) is 16.3. The molecule has 0 unspecified atom stereocenters. The predicted octanol–water partition coefficient (Wildman–Crippen LogP) is 1.45. The first-order valence-corrected chi connectivity index (χ1v) is 7.89. The molecule has 3 rings (SSSR count). The third-order valence-corrected chi connectivity index (χ3v) is 3.79. The summed E-state index contributed by atoms with van der Waals surface area (Å²) in [7, 11) is 0. The van der Waals surface area contributed by atoms with E-state index in [9.17, 15) is 4.79 Å². The number of aromatic nitrogens is 3. The molecule has 7 nitrogen and oxygen atoms in total. The zero-order chi connectivity index (χ0) is 16.9. The minimum Gasteiger partial charge on any atom is -0.486 e. The Labute approximate surface area is 140 Å². The van der Waals surface area contributed by atoms with Crippen LogP contribution in [0.4, 0.5) is 0 Å². The number of nitrogens with zero attached hydrogens (tertiary/aromatic N) is 3. The van der Waals surface area contributed by atoms with Crippen LogP contribution in [0.1, 0.15) is 28.4 Å². The Bertz CT molecular complexity index is 705. The Hall–Kier alpha value is -2.54. The van der Waals surface area contributed by atoms with Gasteiger partial charge in [-0.1, -0.05) is 0 Å². The third kappa shape index (κ3) is 4.05. The van der Waals surface area contributed by atoms with Crippen molar-refractivity contribution in [3.8, 4) is 5.75 Å². The fraction of sp³-hybridized carbons (Fsp3) is 0.412. The van der Waals surface area contributed by atoms with Crippen LogP contribution in [-0.4, -0.2) is 46.2 Å². The summed E-state index contributed by atoms with van der Waals surface area (Å²) >= 11 is 0. The molecule has 2 atom stereocenters. The van der Waals surface area contributed by atoms with Crippen molar-refractivity contribution in [2.75, 3.05) is 13.2 Å². The molecule has 0 aliphatic carbocycles. The highest BCUT2D eigenvalue weighted by Crippen LogP contribution is 2.18. The molecule has 0 bridgehead atoms. The summed E-state index contributed by atoms with van der Waals surface area (Å²) in [5.41, 5.74) is 1.27. The lowest BCUT2D eigenvalue weighted by atomic mass is 10.1. The lowest BCUT2D eigenvalue weighted by Crippen LogP contribution is -2.52. The quantitative estimate of drug-likeness (QED) is 0.914. The fourth-order valence-electron chi connectivity index (χ4n) is 2.52. The first-order chi connectivity index (χ1) is 11.6. The van der Waals surface area contributed by atoms with E-state index in [-0.39, 0.29) is 18.1 Å². The largest absolute Gasteiger partial charge is 0.486 e. The number of hydrogen-bond donors (Lipinski definition) is 1. The van der Waals surface area contributed by atoms with Gasteiger partial charge in [-0.3, -0.25) is 9.78 Å². The second-order valence-electron chi connectivity index (χ2n) is 5.72. The van der Waals surface area contributed by atoms with E-state index in [0.29, 0.717) is 36.9 Å². The van der Waals surface area contributed by atoms with Gasteiger partial charge in [-0.2, -0.15) is 0 Å². The molecule has 3 heterocycles. The van der Waals surface area contributed by atoms with Crippen molar-refractivity contribution in [3.05, 3.63) is 47.8 Å². The fourth-order valence-corrected chi connectivity index (χ4v) is 2.52. The molecule has 1 amide bonds. The Morgan fingerprint density at radius 2 is 2.17 bits per heavy atom. The van der Waals surface area contributed by atoms with Gasteiger partial charge in [0.15, 0.2) is 0 Å². The summed E-state index contributed by atoms with van der Waals surface area (Å²) in [6.07, 6.45) is 3.79. The first-order valence-electron chi connectivity index (χ1n) is 7.89. The van der Waals surface area contributed by atoms with Crippen molar-refractivity contribution < 1.29 is 14.3 Å². The van der Waals surface area contributed by atoms with Crippen molar-refractivity contribution in [2.24, 2.45) is 0 Å². The van der Waals surface area contributed by atoms with E-state index in [0.717, 1.165) is 5.69 Å². The van der Waals surface area contributed by atoms with Crippen molar-refractivity contribution in [1.29, 1.82) is 0 Å². The van der Waals surface area contributed by atoms with Crippen LogP contribution >= 0.6 is 0 Å². The third-order valence-electron chi connectivity index (χ3n) is 3.79. The highest BCUT2D eigenvalue weighted by molar-refractivity contribution is 5.92. The van der Waals surface area contributed by atoms with Gasteiger partial charge >= 0.3 is 0 Å². The van der Waals surface area contributed by atoms with E-state index in [2.05, 4.69) is 20.3 Å². The van der Waals surface area contributed by atoms with Crippen LogP contribution in [0.2, 0.25) is 0 Å². The maximum absolute atomic E-state index is 12.4. The summed E-state index contributed by atoms with van der Waals surface area (Å²) in [6, 6.07) is 5.12. The average molecular weight is 328 g/mol. The molecule has 2 aromatic rings. The predicted molar refractivity (Wildman–Crippen MR) is 86.8 cm³/mol. The molecule has 1 saturated heterocycles. The highest BCUT2D eigenvalue weighted by Gasteiger charge is 2.29. The smallest absolute Gasteiger partial charge is 0.270 e. The van der Waals surface area contributed by atoms with Crippen LogP contribution in [0.5, 0.6) is 5.75 Å². The molecule has 126 valence electrons. The molecule has 1 aliphatic heterocycles. The van der Waals surface area contributed by atoms with Crippen LogP contribution in [-0.2, 0) is 4.74 Å². The molecular formula is C17H20N4O3. The van der Waals surface area contributed by atoms with Gasteiger partial charge in [-0.15, -0.1) is 0 Å². The van der Waals surface area contributed by atoms with Gasteiger partial charge in [-0.05, 0) is 32.0 Å².